The van der Waals surface area contributed by atoms with Gasteiger partial charge in [-0.1, -0.05) is 250 Å². The first-order valence-corrected chi connectivity index (χ1v) is 27.3. The molecule has 0 atom stereocenters. The van der Waals surface area contributed by atoms with E-state index >= 15 is 0 Å². The number of nitrogens with zero attached hydrogens (tertiary/aromatic N) is 1. The molecule has 2 heteroatoms. The molecule has 0 amide bonds. The molecule has 72 heavy (non-hydrogen) atoms. The predicted molar refractivity (Wildman–Crippen MR) is 304 cm³/mol. The normalized spacial score (nSPS) is 14.6. The Morgan fingerprint density at radius 3 is 1.39 bits per heavy atom. The molecule has 0 unspecified atom stereocenters. The van der Waals surface area contributed by atoms with Crippen molar-refractivity contribution in [2.24, 2.45) is 0 Å². The molecule has 0 aromatic heterocycles. The van der Waals surface area contributed by atoms with E-state index in [-0.39, 0.29) is 5.41 Å². The highest BCUT2D eigenvalue weighted by Gasteiger charge is 2.50. The summed E-state index contributed by atoms with van der Waals surface area (Å²) in [7, 11) is -2.95. The van der Waals surface area contributed by atoms with Crippen LogP contribution in [-0.4, -0.2) is 8.07 Å². The summed E-state index contributed by atoms with van der Waals surface area (Å²) in [6, 6.07) is 103. The minimum absolute atomic E-state index is 0.177. The summed E-state index contributed by atoms with van der Waals surface area (Å²) in [6.07, 6.45) is 0. The summed E-state index contributed by atoms with van der Waals surface area (Å²) in [6.45, 7) is 4.78. The van der Waals surface area contributed by atoms with Crippen molar-refractivity contribution >= 4 is 45.9 Å². The van der Waals surface area contributed by atoms with Gasteiger partial charge in [-0.15, -0.1) is 0 Å². The molecule has 14 rings (SSSR count). The van der Waals surface area contributed by atoms with E-state index in [2.05, 4.69) is 292 Å². The standard InChI is InChI=1S/C70H51NSi/c1-69(2)63-37-14-9-32-57(63)60-43-42-54(47-66(60)69)71(52-28-20-27-51(45-52)70(50-25-7-4-8-26-50)64-38-15-10-33-58(64)59-34-11-16-39-65(59)70)53-29-21-31-56(46-53)72(55-30-19-24-49(44-55)48-22-5-3-6-23-48)67-40-17-12-35-61(67)62-36-13-18-41-68(62)72/h3-47H,1-2H3. The van der Waals surface area contributed by atoms with Crippen molar-refractivity contribution in [1.82, 2.24) is 0 Å². The van der Waals surface area contributed by atoms with Crippen molar-refractivity contribution < 1.29 is 0 Å². The lowest BCUT2D eigenvalue weighted by Gasteiger charge is -2.36. The smallest absolute Gasteiger partial charge is 0.180 e. The minimum atomic E-state index is -2.95. The van der Waals surface area contributed by atoms with Crippen molar-refractivity contribution in [1.29, 1.82) is 0 Å². The van der Waals surface area contributed by atoms with E-state index in [0.717, 1.165) is 17.1 Å². The van der Waals surface area contributed by atoms with Crippen molar-refractivity contribution in [2.45, 2.75) is 24.7 Å². The zero-order valence-electron chi connectivity index (χ0n) is 40.4. The summed E-state index contributed by atoms with van der Waals surface area (Å²) < 4.78 is 0. The van der Waals surface area contributed by atoms with Crippen LogP contribution < -0.4 is 25.6 Å². The number of benzene rings is 11. The monoisotopic (exact) mass is 933 g/mol. The zero-order chi connectivity index (χ0) is 48.0. The Labute approximate surface area is 424 Å². The Balaban J connectivity index is 1.03. The van der Waals surface area contributed by atoms with E-state index < -0.39 is 13.5 Å². The molecule has 0 spiro atoms. The summed E-state index contributed by atoms with van der Waals surface area (Å²) in [4.78, 5) is 2.55. The van der Waals surface area contributed by atoms with Gasteiger partial charge >= 0.3 is 0 Å². The van der Waals surface area contributed by atoms with Crippen LogP contribution in [0.15, 0.2) is 273 Å². The third-order valence-electron chi connectivity index (χ3n) is 16.4. The molecule has 340 valence electrons. The molecule has 0 radical (unpaired) electrons. The van der Waals surface area contributed by atoms with Crippen LogP contribution in [0.25, 0.3) is 44.5 Å². The number of anilines is 3. The summed E-state index contributed by atoms with van der Waals surface area (Å²) >= 11 is 0. The molecule has 1 aliphatic heterocycles. The Morgan fingerprint density at radius 2 is 0.736 bits per heavy atom. The van der Waals surface area contributed by atoms with Gasteiger partial charge in [0.1, 0.15) is 0 Å². The number of hydrogen-bond donors (Lipinski definition) is 0. The van der Waals surface area contributed by atoms with E-state index in [0.29, 0.717) is 0 Å². The van der Waals surface area contributed by atoms with Gasteiger partial charge in [0.15, 0.2) is 8.07 Å². The van der Waals surface area contributed by atoms with Crippen LogP contribution in [0.3, 0.4) is 0 Å². The lowest BCUT2D eigenvalue weighted by atomic mass is 9.67. The third kappa shape index (κ3) is 6.00. The number of rotatable bonds is 8. The lowest BCUT2D eigenvalue weighted by molar-refractivity contribution is 0.660. The molecule has 3 aliphatic rings. The predicted octanol–water partition coefficient (Wildman–Crippen LogP) is 14.9. The second-order valence-corrected chi connectivity index (χ2v) is 24.1. The van der Waals surface area contributed by atoms with Crippen molar-refractivity contribution in [3.63, 3.8) is 0 Å². The van der Waals surface area contributed by atoms with Crippen LogP contribution in [0.2, 0.25) is 0 Å². The SMILES string of the molecule is CC1(C)c2ccccc2-c2ccc(N(c3cccc(C4(c5ccccc5)c5ccccc5-c5ccccc54)c3)c3cccc([Si]4(c5cccc(-c6ccccc6)c5)c5ccccc5-c5ccccc54)c3)cc21. The van der Waals surface area contributed by atoms with Crippen molar-refractivity contribution in [3.05, 3.63) is 306 Å². The fourth-order valence-electron chi connectivity index (χ4n) is 13.3. The van der Waals surface area contributed by atoms with E-state index in [1.807, 2.05) is 0 Å². The van der Waals surface area contributed by atoms with E-state index in [4.69, 9.17) is 0 Å². The summed E-state index contributed by atoms with van der Waals surface area (Å²) in [5.74, 6) is 0. The van der Waals surface area contributed by atoms with Gasteiger partial charge in [-0.3, -0.25) is 0 Å². The first-order chi connectivity index (χ1) is 35.5. The van der Waals surface area contributed by atoms with Gasteiger partial charge in [0, 0.05) is 22.5 Å². The van der Waals surface area contributed by atoms with Crippen LogP contribution in [0.4, 0.5) is 17.1 Å². The largest absolute Gasteiger partial charge is 0.310 e. The quantitative estimate of drug-likeness (QED) is 0.137. The van der Waals surface area contributed by atoms with Crippen LogP contribution in [0.5, 0.6) is 0 Å². The highest BCUT2D eigenvalue weighted by Crippen LogP contribution is 2.57. The maximum absolute atomic E-state index is 2.95. The van der Waals surface area contributed by atoms with Crippen molar-refractivity contribution in [3.8, 4) is 44.5 Å². The molecule has 2 aliphatic carbocycles. The Bertz CT molecular complexity index is 3830. The van der Waals surface area contributed by atoms with Gasteiger partial charge in [0.2, 0.25) is 0 Å². The van der Waals surface area contributed by atoms with Gasteiger partial charge < -0.3 is 4.90 Å². The molecule has 0 N–H and O–H groups in total. The number of fused-ring (bicyclic) bond motifs is 9. The van der Waals surface area contributed by atoms with Gasteiger partial charge in [-0.2, -0.15) is 0 Å². The zero-order valence-corrected chi connectivity index (χ0v) is 41.4. The van der Waals surface area contributed by atoms with Gasteiger partial charge in [0.25, 0.3) is 0 Å². The fraction of sp³-hybridized carbons (Fsp3) is 0.0571. The van der Waals surface area contributed by atoms with Gasteiger partial charge in [-0.25, -0.2) is 0 Å². The van der Waals surface area contributed by atoms with Crippen LogP contribution in [0, 0.1) is 0 Å². The molecule has 0 saturated heterocycles. The molecule has 1 heterocycles. The summed E-state index contributed by atoms with van der Waals surface area (Å²) in [5.41, 5.74) is 20.9. The van der Waals surface area contributed by atoms with Gasteiger partial charge in [-0.05, 0) is 135 Å². The fourth-order valence-corrected chi connectivity index (χ4v) is 18.6. The number of hydrogen-bond acceptors (Lipinski definition) is 1. The molecule has 1 nitrogen and oxygen atoms in total. The maximum Gasteiger partial charge on any atom is 0.180 e. The first kappa shape index (κ1) is 42.3. The Hall–Kier alpha value is -8.56. The average molecular weight is 934 g/mol. The minimum Gasteiger partial charge on any atom is -0.310 e. The lowest BCUT2D eigenvalue weighted by Crippen LogP contribution is -2.72. The Morgan fingerprint density at radius 1 is 0.292 bits per heavy atom. The average Bonchev–Trinajstić information content (AvgIpc) is 4.01. The highest BCUT2D eigenvalue weighted by molar-refractivity contribution is 7.22. The Kier molecular flexibility index (Phi) is 9.55. The molecule has 0 bridgehead atoms. The maximum atomic E-state index is 2.55. The van der Waals surface area contributed by atoms with E-state index in [1.165, 1.54) is 98.6 Å². The van der Waals surface area contributed by atoms with Crippen LogP contribution >= 0.6 is 0 Å². The summed E-state index contributed by atoms with van der Waals surface area (Å²) in [5, 5.41) is 5.61. The van der Waals surface area contributed by atoms with Crippen molar-refractivity contribution in [2.75, 3.05) is 4.90 Å². The van der Waals surface area contributed by atoms with E-state index in [1.54, 1.807) is 0 Å². The molecule has 0 saturated carbocycles. The third-order valence-corrected chi connectivity index (χ3v) is 21.3. The van der Waals surface area contributed by atoms with E-state index in [9.17, 15) is 0 Å². The second kappa shape index (κ2) is 16.2. The van der Waals surface area contributed by atoms with Crippen LogP contribution in [0.1, 0.15) is 47.2 Å². The highest BCUT2D eigenvalue weighted by atomic mass is 28.3. The van der Waals surface area contributed by atoms with Crippen LogP contribution in [-0.2, 0) is 10.8 Å². The molecular formula is C70H51NSi. The molecule has 0 fully saturated rings. The molecular weight excluding hydrogens is 883 g/mol. The molecule has 11 aromatic rings. The molecule has 11 aromatic carbocycles. The van der Waals surface area contributed by atoms with Gasteiger partial charge in [0.05, 0.1) is 5.41 Å². The second-order valence-electron chi connectivity index (χ2n) is 20.3. The topological polar surface area (TPSA) is 3.24 Å². The first-order valence-electron chi connectivity index (χ1n) is 25.3.